The first-order valence-corrected chi connectivity index (χ1v) is 7.07. The monoisotopic (exact) mass is 247 g/mol. The average molecular weight is 247 g/mol. The molecule has 2 rings (SSSR count). The molecule has 1 aromatic rings. The van der Waals surface area contributed by atoms with E-state index in [0.717, 1.165) is 11.6 Å². The van der Waals surface area contributed by atoms with E-state index in [0.29, 0.717) is 12.6 Å². The van der Waals surface area contributed by atoms with Gasteiger partial charge in [0, 0.05) is 18.8 Å². The lowest BCUT2D eigenvalue weighted by molar-refractivity contribution is 0.0974. The number of hydrogen-bond donors (Lipinski definition) is 1. The van der Waals surface area contributed by atoms with Crippen molar-refractivity contribution >= 4 is 0 Å². The fraction of sp³-hybridized carbons (Fsp3) is 0.667. The molecule has 100 valence electrons. The molecule has 0 aliphatic heterocycles. The first-order chi connectivity index (χ1) is 8.74. The van der Waals surface area contributed by atoms with Gasteiger partial charge in [-0.25, -0.2) is 0 Å². The first kappa shape index (κ1) is 13.5. The molecule has 0 saturated heterocycles. The third kappa shape index (κ3) is 2.90. The van der Waals surface area contributed by atoms with Crippen molar-refractivity contribution in [3.63, 3.8) is 0 Å². The Morgan fingerprint density at radius 3 is 2.78 bits per heavy atom. The van der Waals surface area contributed by atoms with Crippen LogP contribution in [0.1, 0.15) is 44.3 Å². The highest BCUT2D eigenvalue weighted by Gasteiger charge is 2.29. The van der Waals surface area contributed by atoms with Gasteiger partial charge in [0.05, 0.1) is 11.7 Å². The maximum absolute atomic E-state index is 5.98. The molecule has 2 N–H and O–H groups in total. The Morgan fingerprint density at radius 1 is 1.39 bits per heavy atom. The van der Waals surface area contributed by atoms with Crippen LogP contribution in [0.15, 0.2) is 24.4 Å². The molecule has 1 fully saturated rings. The van der Waals surface area contributed by atoms with E-state index in [1.54, 1.807) is 0 Å². The van der Waals surface area contributed by atoms with Crippen LogP contribution in [0.25, 0.3) is 0 Å². The van der Waals surface area contributed by atoms with Gasteiger partial charge in [0.1, 0.15) is 0 Å². The van der Waals surface area contributed by atoms with Gasteiger partial charge in [0.2, 0.25) is 0 Å². The minimum Gasteiger partial charge on any atom is -0.329 e. The summed E-state index contributed by atoms with van der Waals surface area (Å²) in [6.07, 6.45) is 7.22. The molecule has 0 spiro atoms. The summed E-state index contributed by atoms with van der Waals surface area (Å²) in [4.78, 5) is 6.92. The molecule has 1 saturated carbocycles. The van der Waals surface area contributed by atoms with Crippen molar-refractivity contribution in [3.05, 3.63) is 30.1 Å². The molecule has 0 aromatic carbocycles. The topological polar surface area (TPSA) is 42.1 Å². The van der Waals surface area contributed by atoms with Crippen molar-refractivity contribution in [1.29, 1.82) is 0 Å². The summed E-state index contributed by atoms with van der Waals surface area (Å²) in [5, 5.41) is 0. The van der Waals surface area contributed by atoms with E-state index in [1.807, 2.05) is 18.3 Å². The second kappa shape index (κ2) is 6.30. The zero-order chi connectivity index (χ0) is 13.0. The molecule has 3 heteroatoms. The molecule has 0 radical (unpaired) electrons. The Balaban J connectivity index is 2.12. The number of pyridine rings is 1. The van der Waals surface area contributed by atoms with Crippen LogP contribution in [0.5, 0.6) is 0 Å². The fourth-order valence-corrected chi connectivity index (χ4v) is 3.20. The number of hydrogen-bond acceptors (Lipinski definition) is 3. The minimum atomic E-state index is 0.247. The van der Waals surface area contributed by atoms with E-state index in [1.165, 1.54) is 25.7 Å². The summed E-state index contributed by atoms with van der Waals surface area (Å²) < 4.78 is 0. The summed E-state index contributed by atoms with van der Waals surface area (Å²) >= 11 is 0. The number of nitrogens with two attached hydrogens (primary N) is 1. The van der Waals surface area contributed by atoms with Gasteiger partial charge in [0.15, 0.2) is 0 Å². The van der Waals surface area contributed by atoms with Crippen LogP contribution in [0.2, 0.25) is 0 Å². The van der Waals surface area contributed by atoms with Crippen LogP contribution in [0.4, 0.5) is 0 Å². The van der Waals surface area contributed by atoms with Gasteiger partial charge in [-0.3, -0.25) is 9.88 Å². The van der Waals surface area contributed by atoms with Crippen molar-refractivity contribution < 1.29 is 0 Å². The molecule has 3 nitrogen and oxygen atoms in total. The normalized spacial score (nSPS) is 26.2. The number of rotatable bonds is 4. The molecule has 1 aliphatic rings. The van der Waals surface area contributed by atoms with Crippen molar-refractivity contribution in [3.8, 4) is 0 Å². The standard InChI is InChI=1S/C15H25N3/c1-12-7-3-4-9-14(12)18(2)15(11-16)13-8-5-6-10-17-13/h5-6,8,10,12,14-15H,3-4,7,9,11,16H2,1-2H3. The average Bonchev–Trinajstić information content (AvgIpc) is 2.41. The Bertz CT molecular complexity index is 352. The zero-order valence-electron chi connectivity index (χ0n) is 11.5. The molecule has 18 heavy (non-hydrogen) atoms. The number of likely N-dealkylation sites (N-methyl/N-ethyl adjacent to an activating group) is 1. The highest BCUT2D eigenvalue weighted by Crippen LogP contribution is 2.31. The Kier molecular flexibility index (Phi) is 4.72. The van der Waals surface area contributed by atoms with E-state index in [2.05, 4.69) is 29.9 Å². The summed E-state index contributed by atoms with van der Waals surface area (Å²) in [5.74, 6) is 0.765. The molecule has 1 aromatic heterocycles. The SMILES string of the molecule is CC1CCCCC1N(C)C(CN)c1ccccn1. The molecular weight excluding hydrogens is 222 g/mol. The summed E-state index contributed by atoms with van der Waals surface area (Å²) in [5.41, 5.74) is 7.07. The minimum absolute atomic E-state index is 0.247. The quantitative estimate of drug-likeness (QED) is 0.889. The van der Waals surface area contributed by atoms with E-state index in [9.17, 15) is 0 Å². The summed E-state index contributed by atoms with van der Waals surface area (Å²) in [6, 6.07) is 6.98. The smallest absolute Gasteiger partial charge is 0.0644 e. The predicted molar refractivity (Wildman–Crippen MR) is 75.2 cm³/mol. The van der Waals surface area contributed by atoms with Gasteiger partial charge in [-0.15, -0.1) is 0 Å². The second-order valence-corrected chi connectivity index (χ2v) is 5.50. The summed E-state index contributed by atoms with van der Waals surface area (Å²) in [6.45, 7) is 3.00. The van der Waals surface area contributed by atoms with E-state index in [-0.39, 0.29) is 6.04 Å². The third-order valence-electron chi connectivity index (χ3n) is 4.33. The van der Waals surface area contributed by atoms with Gasteiger partial charge < -0.3 is 5.73 Å². The molecule has 3 unspecified atom stereocenters. The highest BCUT2D eigenvalue weighted by molar-refractivity contribution is 5.10. The van der Waals surface area contributed by atoms with Crippen LogP contribution in [-0.2, 0) is 0 Å². The molecule has 1 aliphatic carbocycles. The lowest BCUT2D eigenvalue weighted by atomic mass is 9.84. The lowest BCUT2D eigenvalue weighted by Gasteiger charge is -2.40. The van der Waals surface area contributed by atoms with Crippen molar-refractivity contribution in [1.82, 2.24) is 9.88 Å². The maximum Gasteiger partial charge on any atom is 0.0644 e. The van der Waals surface area contributed by atoms with Crippen LogP contribution in [0, 0.1) is 5.92 Å². The van der Waals surface area contributed by atoms with Gasteiger partial charge in [-0.05, 0) is 37.9 Å². The molecule has 1 heterocycles. The van der Waals surface area contributed by atoms with Crippen LogP contribution in [0.3, 0.4) is 0 Å². The highest BCUT2D eigenvalue weighted by atomic mass is 15.2. The molecular formula is C15H25N3. The van der Waals surface area contributed by atoms with Crippen molar-refractivity contribution in [2.45, 2.75) is 44.7 Å². The van der Waals surface area contributed by atoms with Crippen molar-refractivity contribution in [2.24, 2.45) is 11.7 Å². The predicted octanol–water partition coefficient (Wildman–Crippen LogP) is 2.59. The Hall–Kier alpha value is -0.930. The molecule has 0 amide bonds. The van der Waals surface area contributed by atoms with Gasteiger partial charge >= 0.3 is 0 Å². The maximum atomic E-state index is 5.98. The van der Waals surface area contributed by atoms with Crippen LogP contribution >= 0.6 is 0 Å². The van der Waals surface area contributed by atoms with Gasteiger partial charge in [-0.2, -0.15) is 0 Å². The number of nitrogens with zero attached hydrogens (tertiary/aromatic N) is 2. The largest absolute Gasteiger partial charge is 0.329 e. The van der Waals surface area contributed by atoms with Gasteiger partial charge in [0.25, 0.3) is 0 Å². The number of aromatic nitrogens is 1. The first-order valence-electron chi connectivity index (χ1n) is 7.07. The zero-order valence-corrected chi connectivity index (χ0v) is 11.5. The van der Waals surface area contributed by atoms with Crippen LogP contribution < -0.4 is 5.73 Å². The lowest BCUT2D eigenvalue weighted by Crippen LogP contribution is -2.43. The third-order valence-corrected chi connectivity index (χ3v) is 4.33. The van der Waals surface area contributed by atoms with E-state index >= 15 is 0 Å². The molecule has 0 bridgehead atoms. The molecule has 3 atom stereocenters. The summed E-state index contributed by atoms with van der Waals surface area (Å²) in [7, 11) is 2.21. The fourth-order valence-electron chi connectivity index (χ4n) is 3.20. The van der Waals surface area contributed by atoms with Gasteiger partial charge in [-0.1, -0.05) is 25.8 Å². The van der Waals surface area contributed by atoms with E-state index in [4.69, 9.17) is 5.73 Å². The Labute approximate surface area is 110 Å². The van der Waals surface area contributed by atoms with Crippen molar-refractivity contribution in [2.75, 3.05) is 13.6 Å². The Morgan fingerprint density at radius 2 is 2.17 bits per heavy atom. The second-order valence-electron chi connectivity index (χ2n) is 5.50. The van der Waals surface area contributed by atoms with E-state index < -0.39 is 0 Å². The van der Waals surface area contributed by atoms with Crippen LogP contribution in [-0.4, -0.2) is 29.5 Å².